The second-order valence-corrected chi connectivity index (χ2v) is 3.67. The van der Waals surface area contributed by atoms with Gasteiger partial charge in [0, 0.05) is 19.3 Å². The molecule has 0 spiro atoms. The lowest BCUT2D eigenvalue weighted by Gasteiger charge is -2.23. The van der Waals surface area contributed by atoms with E-state index in [-0.39, 0.29) is 6.61 Å². The minimum absolute atomic E-state index is 0.00690. The van der Waals surface area contributed by atoms with Crippen LogP contribution in [0.2, 0.25) is 0 Å². The molecule has 1 heterocycles. The van der Waals surface area contributed by atoms with Gasteiger partial charge in [-0.15, -0.1) is 0 Å². The lowest BCUT2D eigenvalue weighted by molar-refractivity contribution is 0.0600. The molecule has 19 heavy (non-hydrogen) atoms. The van der Waals surface area contributed by atoms with E-state index in [2.05, 4.69) is 9.97 Å². The highest BCUT2D eigenvalue weighted by molar-refractivity contribution is 5.94. The molecule has 0 unspecified atom stereocenters. The van der Waals surface area contributed by atoms with Crippen molar-refractivity contribution in [3.05, 3.63) is 18.1 Å². The summed E-state index contributed by atoms with van der Waals surface area (Å²) < 4.78 is 9.92. The van der Waals surface area contributed by atoms with Crippen molar-refractivity contribution in [2.45, 2.75) is 6.92 Å². The Morgan fingerprint density at radius 3 is 2.89 bits per heavy atom. The molecular weight excluding hydrogens is 250 g/mol. The third-order valence-corrected chi connectivity index (χ3v) is 2.52. The maximum atomic E-state index is 11.6. The zero-order valence-corrected chi connectivity index (χ0v) is 11.2. The third-order valence-electron chi connectivity index (χ3n) is 2.52. The number of methoxy groups -OCH3 is 1. The summed E-state index contributed by atoms with van der Waals surface area (Å²) in [5, 5.41) is 8.63. The van der Waals surface area contributed by atoms with Gasteiger partial charge in [0.05, 0.1) is 26.9 Å². The van der Waals surface area contributed by atoms with Crippen LogP contribution in [0.3, 0.4) is 0 Å². The average Bonchev–Trinajstić information content (AvgIpc) is 2.47. The van der Waals surface area contributed by atoms with Crippen LogP contribution in [0.5, 0.6) is 0 Å². The van der Waals surface area contributed by atoms with Gasteiger partial charge in [-0.1, -0.05) is 0 Å². The number of carbonyl (C=O) groups excluding carboxylic acids is 1. The molecule has 0 amide bonds. The summed E-state index contributed by atoms with van der Waals surface area (Å²) >= 11 is 0. The van der Waals surface area contributed by atoms with Crippen molar-refractivity contribution in [3.63, 3.8) is 0 Å². The molecule has 1 aromatic heterocycles. The molecule has 7 heteroatoms. The largest absolute Gasteiger partial charge is 0.465 e. The van der Waals surface area contributed by atoms with E-state index in [1.54, 1.807) is 0 Å². The van der Waals surface area contributed by atoms with Crippen LogP contribution >= 0.6 is 0 Å². The molecule has 0 aliphatic rings. The van der Waals surface area contributed by atoms with Crippen LogP contribution in [-0.2, 0) is 9.47 Å². The van der Waals surface area contributed by atoms with Gasteiger partial charge < -0.3 is 19.5 Å². The van der Waals surface area contributed by atoms with Crippen molar-refractivity contribution < 1.29 is 19.4 Å². The topological polar surface area (TPSA) is 84.8 Å². The van der Waals surface area contributed by atoms with Crippen LogP contribution in [0.25, 0.3) is 0 Å². The lowest BCUT2D eigenvalue weighted by atomic mass is 10.3. The van der Waals surface area contributed by atoms with Gasteiger partial charge in [-0.25, -0.2) is 14.8 Å². The number of anilines is 1. The van der Waals surface area contributed by atoms with Gasteiger partial charge in [-0.2, -0.15) is 0 Å². The van der Waals surface area contributed by atoms with Crippen molar-refractivity contribution in [1.29, 1.82) is 0 Å². The van der Waals surface area contributed by atoms with Crippen molar-refractivity contribution in [2.24, 2.45) is 0 Å². The Balaban J connectivity index is 2.77. The number of likely N-dealkylation sites (N-methyl/N-ethyl adjacent to an activating group) is 1. The van der Waals surface area contributed by atoms with E-state index in [1.165, 1.54) is 19.6 Å². The number of hydrogen-bond donors (Lipinski definition) is 1. The highest BCUT2D eigenvalue weighted by Crippen LogP contribution is 2.16. The van der Waals surface area contributed by atoms with Crippen LogP contribution in [-0.4, -0.2) is 61.1 Å². The van der Waals surface area contributed by atoms with Crippen molar-refractivity contribution >= 4 is 11.8 Å². The number of aromatic nitrogens is 2. The zero-order valence-electron chi connectivity index (χ0n) is 11.2. The summed E-state index contributed by atoms with van der Waals surface area (Å²) in [5.41, 5.74) is 0.328. The molecule has 0 bridgehead atoms. The maximum absolute atomic E-state index is 11.6. The summed E-state index contributed by atoms with van der Waals surface area (Å²) in [6.07, 6.45) is 2.82. The number of carbonyl (C=O) groups is 1. The number of nitrogens with zero attached hydrogens (tertiary/aromatic N) is 3. The Hall–Kier alpha value is -1.73. The quantitative estimate of drug-likeness (QED) is 0.529. The average molecular weight is 269 g/mol. The summed E-state index contributed by atoms with van der Waals surface area (Å²) in [6.45, 7) is 3.92. The summed E-state index contributed by atoms with van der Waals surface area (Å²) in [7, 11) is 1.32. The Morgan fingerprint density at radius 1 is 1.47 bits per heavy atom. The second-order valence-electron chi connectivity index (χ2n) is 3.67. The number of aliphatic hydroxyl groups excluding tert-OH is 1. The minimum atomic E-state index is -0.467. The molecule has 7 nitrogen and oxygen atoms in total. The van der Waals surface area contributed by atoms with E-state index in [1.807, 2.05) is 11.8 Å². The molecule has 0 aromatic carbocycles. The summed E-state index contributed by atoms with van der Waals surface area (Å²) in [6, 6.07) is 0. The second kappa shape index (κ2) is 8.39. The Bertz CT molecular complexity index is 400. The third kappa shape index (κ3) is 4.46. The van der Waals surface area contributed by atoms with Crippen LogP contribution in [0.1, 0.15) is 17.3 Å². The van der Waals surface area contributed by atoms with Crippen LogP contribution < -0.4 is 4.90 Å². The molecule has 0 fully saturated rings. The van der Waals surface area contributed by atoms with Gasteiger partial charge in [0.1, 0.15) is 17.7 Å². The number of esters is 1. The van der Waals surface area contributed by atoms with Gasteiger partial charge in [0.25, 0.3) is 0 Å². The normalized spacial score (nSPS) is 10.3. The molecule has 0 saturated carbocycles. The highest BCUT2D eigenvalue weighted by atomic mass is 16.5. The fourth-order valence-corrected chi connectivity index (χ4v) is 1.58. The molecule has 1 rings (SSSR count). The predicted molar refractivity (Wildman–Crippen MR) is 69.2 cm³/mol. The SMILES string of the molecule is CCN(CCOCCO)c1ncncc1C(=O)OC. The van der Waals surface area contributed by atoms with E-state index >= 15 is 0 Å². The first-order chi connectivity index (χ1) is 9.24. The fourth-order valence-electron chi connectivity index (χ4n) is 1.58. The first kappa shape index (κ1) is 15.3. The Kier molecular flexibility index (Phi) is 6.76. The first-order valence-electron chi connectivity index (χ1n) is 6.06. The minimum Gasteiger partial charge on any atom is -0.465 e. The molecule has 0 saturated heterocycles. The number of aliphatic hydroxyl groups is 1. The molecule has 0 aliphatic heterocycles. The number of hydrogen-bond acceptors (Lipinski definition) is 7. The molecule has 0 atom stereocenters. The zero-order chi connectivity index (χ0) is 14.1. The van der Waals surface area contributed by atoms with E-state index < -0.39 is 5.97 Å². The fraction of sp³-hybridized carbons (Fsp3) is 0.583. The van der Waals surface area contributed by atoms with Gasteiger partial charge in [0.2, 0.25) is 0 Å². The van der Waals surface area contributed by atoms with Gasteiger partial charge >= 0.3 is 5.97 Å². The van der Waals surface area contributed by atoms with Crippen molar-refractivity contribution in [3.8, 4) is 0 Å². The first-order valence-corrected chi connectivity index (χ1v) is 6.06. The van der Waals surface area contributed by atoms with E-state index in [0.29, 0.717) is 37.7 Å². The number of rotatable bonds is 8. The lowest BCUT2D eigenvalue weighted by Crippen LogP contribution is -2.30. The van der Waals surface area contributed by atoms with E-state index in [0.717, 1.165) is 0 Å². The highest BCUT2D eigenvalue weighted by Gasteiger charge is 2.17. The molecular formula is C12H19N3O4. The predicted octanol–water partition coefficient (Wildman–Crippen LogP) is 0.0984. The molecule has 1 aromatic rings. The van der Waals surface area contributed by atoms with Crippen LogP contribution in [0.15, 0.2) is 12.5 Å². The van der Waals surface area contributed by atoms with Crippen molar-refractivity contribution in [1.82, 2.24) is 9.97 Å². The maximum Gasteiger partial charge on any atom is 0.343 e. The molecule has 0 aliphatic carbocycles. The summed E-state index contributed by atoms with van der Waals surface area (Å²) in [4.78, 5) is 21.5. The molecule has 1 N–H and O–H groups in total. The van der Waals surface area contributed by atoms with Crippen molar-refractivity contribution in [2.75, 3.05) is 44.9 Å². The molecule has 0 radical (unpaired) electrons. The van der Waals surface area contributed by atoms with E-state index in [9.17, 15) is 4.79 Å². The van der Waals surface area contributed by atoms with Gasteiger partial charge in [-0.3, -0.25) is 0 Å². The molecule has 106 valence electrons. The Labute approximate surface area is 112 Å². The summed E-state index contributed by atoms with van der Waals surface area (Å²) in [5.74, 6) is 0.0577. The van der Waals surface area contributed by atoms with E-state index in [4.69, 9.17) is 14.6 Å². The van der Waals surface area contributed by atoms with Gasteiger partial charge in [0.15, 0.2) is 0 Å². The van der Waals surface area contributed by atoms with Gasteiger partial charge in [-0.05, 0) is 6.92 Å². The van der Waals surface area contributed by atoms with Crippen LogP contribution in [0.4, 0.5) is 5.82 Å². The number of ether oxygens (including phenoxy) is 2. The standard InChI is InChI=1S/C12H19N3O4/c1-3-15(4-6-19-7-5-16)11-10(12(17)18-2)8-13-9-14-11/h8-9,16H,3-7H2,1-2H3. The van der Waals surface area contributed by atoms with Crippen LogP contribution in [0, 0.1) is 0 Å². The smallest absolute Gasteiger partial charge is 0.343 e. The Morgan fingerprint density at radius 2 is 2.26 bits per heavy atom. The monoisotopic (exact) mass is 269 g/mol.